The minimum atomic E-state index is 0.865. The molecular weight excluding hydrogens is 126 g/mol. The number of hydrogen-bond donors (Lipinski definition) is 2. The Bertz CT molecular complexity index is 168. The Morgan fingerprint density at radius 1 is 1.50 bits per heavy atom. The molecule has 3 heteroatoms. The third-order valence-corrected chi connectivity index (χ3v) is 1.19. The third-order valence-electron chi connectivity index (χ3n) is 1.19. The van der Waals surface area contributed by atoms with Crippen LogP contribution in [0.5, 0.6) is 0 Å². The van der Waals surface area contributed by atoms with E-state index in [2.05, 4.69) is 10.3 Å². The van der Waals surface area contributed by atoms with Crippen molar-refractivity contribution in [2.45, 2.75) is 13.8 Å². The smallest absolute Gasteiger partial charge is 0.107 e. The Kier molecular flexibility index (Phi) is 4.20. The van der Waals surface area contributed by atoms with Gasteiger partial charge in [-0.15, -0.1) is 0 Å². The molecule has 0 aromatic carbocycles. The molecule has 0 atom stereocenters. The Balaban J connectivity index is 4.19. The number of nitrogens with zero attached hydrogens (tertiary/aromatic N) is 1. The van der Waals surface area contributed by atoms with E-state index in [9.17, 15) is 0 Å². The molecule has 3 nitrogen and oxygen atoms in total. The fourth-order valence-corrected chi connectivity index (χ4v) is 0.520. The highest BCUT2D eigenvalue weighted by Gasteiger charge is 1.90. The lowest BCUT2D eigenvalue weighted by Gasteiger charge is -1.96. The molecule has 0 aliphatic rings. The van der Waals surface area contributed by atoms with Gasteiger partial charge in [-0.2, -0.15) is 0 Å². The van der Waals surface area contributed by atoms with Gasteiger partial charge in [0.15, 0.2) is 0 Å². The van der Waals surface area contributed by atoms with Crippen LogP contribution in [0.15, 0.2) is 16.8 Å². The summed E-state index contributed by atoms with van der Waals surface area (Å²) in [7, 11) is 1.83. The summed E-state index contributed by atoms with van der Waals surface area (Å²) in [5.41, 5.74) is 1.91. The number of nitrogens with one attached hydrogen (secondary N) is 2. The molecule has 2 N–H and O–H groups in total. The van der Waals surface area contributed by atoms with E-state index in [0.29, 0.717) is 0 Å². The number of aliphatic imine (C=N–C) groups is 1. The zero-order valence-electron chi connectivity index (χ0n) is 6.60. The van der Waals surface area contributed by atoms with Crippen LogP contribution in [0.2, 0.25) is 0 Å². The van der Waals surface area contributed by atoms with E-state index in [1.54, 1.807) is 0 Å². The van der Waals surface area contributed by atoms with Crippen molar-refractivity contribution in [2.75, 3.05) is 7.05 Å². The molecule has 0 saturated carbocycles. The molecular formula is C7H13N3. The fourth-order valence-electron chi connectivity index (χ4n) is 0.520. The molecule has 0 aliphatic heterocycles. The minimum absolute atomic E-state index is 0.865. The molecule has 0 aliphatic carbocycles. The lowest BCUT2D eigenvalue weighted by molar-refractivity contribution is 1.09. The van der Waals surface area contributed by atoms with Gasteiger partial charge in [-0.1, -0.05) is 0 Å². The van der Waals surface area contributed by atoms with Crippen LogP contribution in [-0.4, -0.2) is 19.1 Å². The number of allylic oxidation sites excluding steroid dienone is 1. The van der Waals surface area contributed by atoms with Gasteiger partial charge in [-0.25, -0.2) is 4.99 Å². The van der Waals surface area contributed by atoms with Crippen molar-refractivity contribution in [3.8, 4) is 0 Å². The van der Waals surface area contributed by atoms with E-state index in [1.165, 1.54) is 0 Å². The van der Waals surface area contributed by atoms with Crippen LogP contribution in [0.25, 0.3) is 0 Å². The average molecular weight is 139 g/mol. The van der Waals surface area contributed by atoms with Crippen LogP contribution in [-0.2, 0) is 0 Å². The quantitative estimate of drug-likeness (QED) is 0.447. The molecule has 10 heavy (non-hydrogen) atoms. The van der Waals surface area contributed by atoms with Gasteiger partial charge < -0.3 is 5.32 Å². The number of rotatable bonds is 3. The topological polar surface area (TPSA) is 48.2 Å². The molecule has 0 unspecified atom stereocenters. The van der Waals surface area contributed by atoms with Crippen molar-refractivity contribution in [2.24, 2.45) is 4.99 Å². The van der Waals surface area contributed by atoms with E-state index in [1.807, 2.05) is 27.1 Å². The summed E-state index contributed by atoms with van der Waals surface area (Å²) in [6, 6.07) is 0. The average Bonchev–Trinajstić information content (AvgIpc) is 1.89. The van der Waals surface area contributed by atoms with Gasteiger partial charge in [-0.05, 0) is 19.4 Å². The highest BCUT2D eigenvalue weighted by atomic mass is 14.8. The Morgan fingerprint density at radius 2 is 2.10 bits per heavy atom. The highest BCUT2D eigenvalue weighted by Crippen LogP contribution is 1.92. The summed E-state index contributed by atoms with van der Waals surface area (Å²) in [5, 5.41) is 9.59. The van der Waals surface area contributed by atoms with Gasteiger partial charge in [-0.3, -0.25) is 5.41 Å². The molecule has 0 saturated heterocycles. The standard InChI is InChI=1S/C7H13N3/c1-6(4-9-3)7(2)10-5-8/h4-5,8-9H,1-3H3/b6-4+,8-5?,10-7-. The lowest BCUT2D eigenvalue weighted by Crippen LogP contribution is -2.00. The SMILES string of the molecule is CN/C=C(C)/C(C)=N\C=N. The predicted molar refractivity (Wildman–Crippen MR) is 44.7 cm³/mol. The van der Waals surface area contributed by atoms with E-state index < -0.39 is 0 Å². The Labute approximate surface area is 61.4 Å². The van der Waals surface area contributed by atoms with Crippen molar-refractivity contribution < 1.29 is 0 Å². The second-order valence-electron chi connectivity index (χ2n) is 1.96. The molecule has 0 spiro atoms. The van der Waals surface area contributed by atoms with Crippen molar-refractivity contribution in [3.63, 3.8) is 0 Å². The van der Waals surface area contributed by atoms with E-state index >= 15 is 0 Å². The maximum Gasteiger partial charge on any atom is 0.107 e. The zero-order chi connectivity index (χ0) is 7.98. The van der Waals surface area contributed by atoms with E-state index in [0.717, 1.165) is 17.6 Å². The van der Waals surface area contributed by atoms with Crippen LogP contribution in [0.4, 0.5) is 0 Å². The Morgan fingerprint density at radius 3 is 2.50 bits per heavy atom. The zero-order valence-corrected chi connectivity index (χ0v) is 6.60. The summed E-state index contributed by atoms with van der Waals surface area (Å²) in [6.07, 6.45) is 2.89. The van der Waals surface area contributed by atoms with E-state index in [-0.39, 0.29) is 0 Å². The van der Waals surface area contributed by atoms with Crippen molar-refractivity contribution in [1.82, 2.24) is 5.32 Å². The van der Waals surface area contributed by atoms with Crippen LogP contribution < -0.4 is 5.32 Å². The van der Waals surface area contributed by atoms with Crippen LogP contribution in [0, 0.1) is 5.41 Å². The van der Waals surface area contributed by atoms with Gasteiger partial charge in [0.05, 0.1) is 0 Å². The monoisotopic (exact) mass is 139 g/mol. The number of hydrogen-bond acceptors (Lipinski definition) is 2. The maximum absolute atomic E-state index is 6.70. The Hall–Kier alpha value is -1.12. The molecule has 0 aromatic rings. The van der Waals surface area contributed by atoms with Crippen LogP contribution in [0.1, 0.15) is 13.8 Å². The molecule has 0 heterocycles. The first kappa shape index (κ1) is 8.88. The molecule has 0 rings (SSSR count). The first-order chi connectivity index (χ1) is 4.72. The summed E-state index contributed by atoms with van der Waals surface area (Å²) in [4.78, 5) is 3.79. The summed E-state index contributed by atoms with van der Waals surface area (Å²) < 4.78 is 0. The first-order valence-electron chi connectivity index (χ1n) is 3.10. The lowest BCUT2D eigenvalue weighted by atomic mass is 10.2. The summed E-state index contributed by atoms with van der Waals surface area (Å²) >= 11 is 0. The van der Waals surface area contributed by atoms with E-state index in [4.69, 9.17) is 5.41 Å². The molecule has 0 radical (unpaired) electrons. The second-order valence-corrected chi connectivity index (χ2v) is 1.96. The molecule has 0 bridgehead atoms. The minimum Gasteiger partial charge on any atom is -0.394 e. The highest BCUT2D eigenvalue weighted by molar-refractivity contribution is 6.01. The summed E-state index contributed by atoms with van der Waals surface area (Å²) in [6.45, 7) is 3.81. The largest absolute Gasteiger partial charge is 0.394 e. The van der Waals surface area contributed by atoms with Crippen LogP contribution in [0.3, 0.4) is 0 Å². The van der Waals surface area contributed by atoms with Crippen molar-refractivity contribution >= 4 is 12.1 Å². The first-order valence-corrected chi connectivity index (χ1v) is 3.10. The fraction of sp³-hybridized carbons (Fsp3) is 0.429. The molecule has 0 fully saturated rings. The van der Waals surface area contributed by atoms with Gasteiger partial charge in [0, 0.05) is 19.0 Å². The van der Waals surface area contributed by atoms with Crippen LogP contribution >= 0.6 is 0 Å². The molecule has 0 aromatic heterocycles. The normalized spacial score (nSPS) is 13.1. The molecule has 0 amide bonds. The third kappa shape index (κ3) is 3.02. The van der Waals surface area contributed by atoms with Gasteiger partial charge in [0.25, 0.3) is 0 Å². The van der Waals surface area contributed by atoms with Gasteiger partial charge in [0.1, 0.15) is 6.34 Å². The van der Waals surface area contributed by atoms with Gasteiger partial charge in [0.2, 0.25) is 0 Å². The predicted octanol–water partition coefficient (Wildman–Crippen LogP) is 1.18. The maximum atomic E-state index is 6.70. The van der Waals surface area contributed by atoms with Crippen molar-refractivity contribution in [1.29, 1.82) is 5.41 Å². The molecule has 56 valence electrons. The van der Waals surface area contributed by atoms with Crippen molar-refractivity contribution in [3.05, 3.63) is 11.8 Å². The van der Waals surface area contributed by atoms with Gasteiger partial charge >= 0.3 is 0 Å². The summed E-state index contributed by atoms with van der Waals surface area (Å²) in [5.74, 6) is 0. The second kappa shape index (κ2) is 4.73.